The molecule has 116 valence electrons. The van der Waals surface area contributed by atoms with Crippen molar-refractivity contribution in [3.05, 3.63) is 30.3 Å². The molecular formula is C17H21N3O2. The number of fused-ring (bicyclic) bond motifs is 2. The van der Waals surface area contributed by atoms with E-state index in [1.165, 1.54) is 4.90 Å². The molecule has 1 N–H and O–H groups in total. The molecule has 2 amide bonds. The summed E-state index contributed by atoms with van der Waals surface area (Å²) in [6.07, 6.45) is 1.83. The molecule has 0 saturated carbocycles. The Kier molecular flexibility index (Phi) is 3.01. The third-order valence-electron chi connectivity index (χ3n) is 5.68. The van der Waals surface area contributed by atoms with Crippen molar-refractivity contribution in [2.75, 3.05) is 31.6 Å². The molecule has 0 aromatic heterocycles. The minimum Gasteiger partial charge on any atom is -0.364 e. The highest BCUT2D eigenvalue weighted by Crippen LogP contribution is 2.50. The first-order valence-electron chi connectivity index (χ1n) is 8.00. The third kappa shape index (κ3) is 1.69. The SMILES string of the molecule is CN1C(=O)[C@@H]2[C@@H](CN(c3ccccc3)C23CCNCC3)C1=O. The zero-order valence-corrected chi connectivity index (χ0v) is 12.8. The molecule has 0 bridgehead atoms. The van der Waals surface area contributed by atoms with Crippen molar-refractivity contribution >= 4 is 17.5 Å². The topological polar surface area (TPSA) is 52.7 Å². The molecule has 5 nitrogen and oxygen atoms in total. The number of imide groups is 1. The number of likely N-dealkylation sites (tertiary alicyclic amines) is 1. The summed E-state index contributed by atoms with van der Waals surface area (Å²) in [6, 6.07) is 10.2. The molecule has 0 aliphatic carbocycles. The van der Waals surface area contributed by atoms with Gasteiger partial charge in [-0.25, -0.2) is 0 Å². The predicted molar refractivity (Wildman–Crippen MR) is 83.4 cm³/mol. The fourth-order valence-corrected chi connectivity index (χ4v) is 4.63. The summed E-state index contributed by atoms with van der Waals surface area (Å²) >= 11 is 0. The van der Waals surface area contributed by atoms with E-state index in [2.05, 4.69) is 22.3 Å². The first-order valence-corrected chi connectivity index (χ1v) is 8.00. The minimum atomic E-state index is -0.214. The van der Waals surface area contributed by atoms with Gasteiger partial charge < -0.3 is 10.2 Å². The van der Waals surface area contributed by atoms with E-state index in [9.17, 15) is 9.59 Å². The summed E-state index contributed by atoms with van der Waals surface area (Å²) in [5, 5.41) is 3.39. The first kappa shape index (κ1) is 13.8. The van der Waals surface area contributed by atoms with Gasteiger partial charge >= 0.3 is 0 Å². The molecule has 4 rings (SSSR count). The molecule has 1 aromatic rings. The molecular weight excluding hydrogens is 278 g/mol. The maximum absolute atomic E-state index is 12.7. The normalized spacial score (nSPS) is 30.2. The Labute approximate surface area is 130 Å². The van der Waals surface area contributed by atoms with E-state index in [-0.39, 0.29) is 29.2 Å². The summed E-state index contributed by atoms with van der Waals surface area (Å²) < 4.78 is 0. The van der Waals surface area contributed by atoms with E-state index in [0.29, 0.717) is 6.54 Å². The number of rotatable bonds is 1. The molecule has 0 radical (unpaired) electrons. The Morgan fingerprint density at radius 1 is 1.09 bits per heavy atom. The van der Waals surface area contributed by atoms with Gasteiger partial charge in [-0.15, -0.1) is 0 Å². The average Bonchev–Trinajstić information content (AvgIpc) is 2.99. The van der Waals surface area contributed by atoms with Crippen LogP contribution in [-0.4, -0.2) is 48.9 Å². The molecule has 1 spiro atoms. The summed E-state index contributed by atoms with van der Waals surface area (Å²) in [5.41, 5.74) is 0.913. The van der Waals surface area contributed by atoms with Crippen LogP contribution >= 0.6 is 0 Å². The molecule has 1 aromatic carbocycles. The van der Waals surface area contributed by atoms with Crippen LogP contribution in [-0.2, 0) is 9.59 Å². The summed E-state index contributed by atoms with van der Waals surface area (Å²) in [5.74, 6) is -0.371. The van der Waals surface area contributed by atoms with Gasteiger partial charge in [0.15, 0.2) is 0 Å². The van der Waals surface area contributed by atoms with Crippen molar-refractivity contribution < 1.29 is 9.59 Å². The average molecular weight is 299 g/mol. The van der Waals surface area contributed by atoms with E-state index in [1.54, 1.807) is 7.05 Å². The van der Waals surface area contributed by atoms with Gasteiger partial charge in [0, 0.05) is 19.3 Å². The molecule has 3 heterocycles. The number of nitrogens with one attached hydrogen (secondary N) is 1. The standard InChI is InChI=1S/C17H21N3O2/c1-19-15(21)13-11-20(12-5-3-2-4-6-12)17(14(13)16(19)22)7-9-18-10-8-17/h2-6,13-14,18H,7-11H2,1H3/t13-,14+/m1/s1. The van der Waals surface area contributed by atoms with Crippen LogP contribution in [0.15, 0.2) is 30.3 Å². The Bertz CT molecular complexity index is 610. The number of hydrogen-bond acceptors (Lipinski definition) is 4. The van der Waals surface area contributed by atoms with Gasteiger partial charge in [0.05, 0.1) is 17.4 Å². The number of para-hydroxylation sites is 1. The van der Waals surface area contributed by atoms with Crippen LogP contribution in [0.4, 0.5) is 5.69 Å². The second-order valence-electron chi connectivity index (χ2n) is 6.62. The maximum Gasteiger partial charge on any atom is 0.235 e. The van der Waals surface area contributed by atoms with Crippen LogP contribution in [0.3, 0.4) is 0 Å². The highest BCUT2D eigenvalue weighted by atomic mass is 16.2. The van der Waals surface area contributed by atoms with Gasteiger partial charge in [-0.1, -0.05) is 18.2 Å². The maximum atomic E-state index is 12.7. The fraction of sp³-hybridized carbons (Fsp3) is 0.529. The van der Waals surface area contributed by atoms with Gasteiger partial charge in [0.25, 0.3) is 0 Å². The van der Waals surface area contributed by atoms with Crippen molar-refractivity contribution in [3.8, 4) is 0 Å². The van der Waals surface area contributed by atoms with Crippen LogP contribution in [0, 0.1) is 11.8 Å². The van der Waals surface area contributed by atoms with E-state index in [4.69, 9.17) is 0 Å². The fourth-order valence-electron chi connectivity index (χ4n) is 4.63. The highest BCUT2D eigenvalue weighted by molar-refractivity contribution is 6.07. The second kappa shape index (κ2) is 4.81. The molecule has 3 aliphatic rings. The number of piperidine rings is 1. The summed E-state index contributed by atoms with van der Waals surface area (Å²) in [4.78, 5) is 28.9. The Morgan fingerprint density at radius 2 is 1.77 bits per heavy atom. The Morgan fingerprint density at radius 3 is 2.45 bits per heavy atom. The Hall–Kier alpha value is -1.88. The lowest BCUT2D eigenvalue weighted by molar-refractivity contribution is -0.139. The number of hydrogen-bond donors (Lipinski definition) is 1. The largest absolute Gasteiger partial charge is 0.364 e. The van der Waals surface area contributed by atoms with Crippen molar-refractivity contribution in [2.24, 2.45) is 11.8 Å². The number of benzene rings is 1. The van der Waals surface area contributed by atoms with Gasteiger partial charge in [-0.05, 0) is 38.1 Å². The van der Waals surface area contributed by atoms with Crippen molar-refractivity contribution in [1.29, 1.82) is 0 Å². The zero-order chi connectivity index (χ0) is 15.3. The van der Waals surface area contributed by atoms with E-state index < -0.39 is 0 Å². The lowest BCUT2D eigenvalue weighted by Crippen LogP contribution is -2.57. The zero-order valence-electron chi connectivity index (χ0n) is 12.8. The van der Waals surface area contributed by atoms with Crippen LogP contribution in [0.5, 0.6) is 0 Å². The van der Waals surface area contributed by atoms with Crippen molar-refractivity contribution in [3.63, 3.8) is 0 Å². The van der Waals surface area contributed by atoms with Crippen LogP contribution in [0.25, 0.3) is 0 Å². The lowest BCUT2D eigenvalue weighted by atomic mass is 9.74. The smallest absolute Gasteiger partial charge is 0.235 e. The van der Waals surface area contributed by atoms with E-state index in [1.807, 2.05) is 18.2 Å². The van der Waals surface area contributed by atoms with Crippen molar-refractivity contribution in [2.45, 2.75) is 18.4 Å². The lowest BCUT2D eigenvalue weighted by Gasteiger charge is -2.45. The number of anilines is 1. The van der Waals surface area contributed by atoms with Gasteiger partial charge in [-0.2, -0.15) is 0 Å². The van der Waals surface area contributed by atoms with Crippen LogP contribution < -0.4 is 10.2 Å². The quantitative estimate of drug-likeness (QED) is 0.782. The van der Waals surface area contributed by atoms with Gasteiger partial charge in [0.2, 0.25) is 11.8 Å². The molecule has 3 fully saturated rings. The van der Waals surface area contributed by atoms with Gasteiger partial charge in [-0.3, -0.25) is 14.5 Å². The first-order chi connectivity index (χ1) is 10.6. The summed E-state index contributed by atoms with van der Waals surface area (Å²) in [7, 11) is 1.63. The van der Waals surface area contributed by atoms with Crippen LogP contribution in [0.2, 0.25) is 0 Å². The minimum absolute atomic E-state index is 0.00802. The Balaban J connectivity index is 1.80. The number of carbonyl (C=O) groups excluding carboxylic acids is 2. The molecule has 3 aliphatic heterocycles. The molecule has 5 heteroatoms. The molecule has 22 heavy (non-hydrogen) atoms. The van der Waals surface area contributed by atoms with E-state index in [0.717, 1.165) is 31.6 Å². The third-order valence-corrected chi connectivity index (χ3v) is 5.68. The van der Waals surface area contributed by atoms with Crippen molar-refractivity contribution in [1.82, 2.24) is 10.2 Å². The summed E-state index contributed by atoms with van der Waals surface area (Å²) in [6.45, 7) is 2.46. The van der Waals surface area contributed by atoms with E-state index >= 15 is 0 Å². The second-order valence-corrected chi connectivity index (χ2v) is 6.62. The molecule has 3 saturated heterocycles. The number of carbonyl (C=O) groups is 2. The number of amides is 2. The number of nitrogens with zero attached hydrogens (tertiary/aromatic N) is 2. The monoisotopic (exact) mass is 299 g/mol. The predicted octanol–water partition coefficient (Wildman–Crippen LogP) is 0.860. The highest BCUT2D eigenvalue weighted by Gasteiger charge is 2.63. The van der Waals surface area contributed by atoms with Crippen LogP contribution in [0.1, 0.15) is 12.8 Å². The van der Waals surface area contributed by atoms with Gasteiger partial charge in [0.1, 0.15) is 0 Å². The molecule has 0 unspecified atom stereocenters. The molecule has 2 atom stereocenters.